The average molecular weight is 334 g/mol. The van der Waals surface area contributed by atoms with E-state index in [0.717, 1.165) is 44.5 Å². The molecular formula is C18H26N2O4. The van der Waals surface area contributed by atoms with Gasteiger partial charge in [0.15, 0.2) is 0 Å². The molecule has 6 nitrogen and oxygen atoms in total. The van der Waals surface area contributed by atoms with E-state index in [1.165, 1.54) is 0 Å². The Morgan fingerprint density at radius 2 is 2.00 bits per heavy atom. The van der Waals surface area contributed by atoms with Crippen molar-refractivity contribution in [1.29, 1.82) is 0 Å². The van der Waals surface area contributed by atoms with Crippen molar-refractivity contribution in [1.82, 2.24) is 5.32 Å². The van der Waals surface area contributed by atoms with Gasteiger partial charge in [-0.15, -0.1) is 0 Å². The highest BCUT2D eigenvalue weighted by molar-refractivity contribution is 6.39. The fourth-order valence-corrected chi connectivity index (χ4v) is 2.46. The zero-order valence-corrected chi connectivity index (χ0v) is 14.2. The maximum atomic E-state index is 11.9. The molecule has 2 amide bonds. The highest BCUT2D eigenvalue weighted by Gasteiger charge is 2.19. The maximum Gasteiger partial charge on any atom is 0.313 e. The minimum Gasteiger partial charge on any atom is -0.494 e. The van der Waals surface area contributed by atoms with Crippen LogP contribution in [0.2, 0.25) is 0 Å². The van der Waals surface area contributed by atoms with E-state index in [9.17, 15) is 9.59 Å². The number of hydrogen-bond acceptors (Lipinski definition) is 4. The summed E-state index contributed by atoms with van der Waals surface area (Å²) < 4.78 is 11.0. The summed E-state index contributed by atoms with van der Waals surface area (Å²) in [5.41, 5.74) is 0.563. The molecule has 1 fully saturated rings. The molecule has 1 aliphatic heterocycles. The van der Waals surface area contributed by atoms with Gasteiger partial charge in [0, 0.05) is 18.8 Å². The Morgan fingerprint density at radius 1 is 1.21 bits per heavy atom. The molecule has 0 aromatic heterocycles. The Labute approximate surface area is 142 Å². The molecule has 1 aromatic rings. The largest absolute Gasteiger partial charge is 0.494 e. The molecule has 1 aliphatic rings. The molecule has 24 heavy (non-hydrogen) atoms. The van der Waals surface area contributed by atoms with Gasteiger partial charge in [0.25, 0.3) is 0 Å². The highest BCUT2D eigenvalue weighted by atomic mass is 16.5. The summed E-state index contributed by atoms with van der Waals surface area (Å²) in [5.74, 6) is -0.568. The zero-order chi connectivity index (χ0) is 17.2. The number of rotatable bonds is 8. The van der Waals surface area contributed by atoms with Gasteiger partial charge in [-0.1, -0.05) is 19.8 Å². The monoisotopic (exact) mass is 334 g/mol. The Hall–Kier alpha value is -2.08. The molecule has 1 unspecified atom stereocenters. The molecule has 1 heterocycles. The first kappa shape index (κ1) is 18.3. The molecule has 0 aliphatic carbocycles. The summed E-state index contributed by atoms with van der Waals surface area (Å²) in [7, 11) is 0. The predicted molar refractivity (Wildman–Crippen MR) is 92.1 cm³/mol. The summed E-state index contributed by atoms with van der Waals surface area (Å²) in [5, 5.41) is 5.17. The van der Waals surface area contributed by atoms with Gasteiger partial charge in [-0.2, -0.15) is 0 Å². The summed E-state index contributed by atoms with van der Waals surface area (Å²) in [6, 6.07) is 7.01. The van der Waals surface area contributed by atoms with Crippen molar-refractivity contribution in [2.45, 2.75) is 45.1 Å². The summed E-state index contributed by atoms with van der Waals surface area (Å²) >= 11 is 0. The quantitative estimate of drug-likeness (QED) is 0.566. The zero-order valence-electron chi connectivity index (χ0n) is 14.2. The molecule has 2 N–H and O–H groups in total. The number of nitrogens with one attached hydrogen (secondary N) is 2. The van der Waals surface area contributed by atoms with E-state index in [2.05, 4.69) is 17.6 Å². The minimum absolute atomic E-state index is 0.0193. The highest BCUT2D eigenvalue weighted by Crippen LogP contribution is 2.16. The molecule has 132 valence electrons. The van der Waals surface area contributed by atoms with E-state index >= 15 is 0 Å². The van der Waals surface area contributed by atoms with Crippen molar-refractivity contribution in [3.05, 3.63) is 24.3 Å². The number of carbonyl (C=O) groups excluding carboxylic acids is 2. The Balaban J connectivity index is 1.71. The van der Waals surface area contributed by atoms with E-state index in [1.54, 1.807) is 24.3 Å². The summed E-state index contributed by atoms with van der Waals surface area (Å²) in [4.78, 5) is 23.6. The first-order valence-electron chi connectivity index (χ1n) is 8.62. The van der Waals surface area contributed by atoms with Gasteiger partial charge >= 0.3 is 11.8 Å². The van der Waals surface area contributed by atoms with Crippen molar-refractivity contribution >= 4 is 17.5 Å². The number of unbranched alkanes of at least 4 members (excludes halogenated alkanes) is 2. The lowest BCUT2D eigenvalue weighted by Gasteiger charge is -2.11. The Kier molecular flexibility index (Phi) is 7.55. The number of carbonyl (C=O) groups is 2. The van der Waals surface area contributed by atoms with Crippen LogP contribution < -0.4 is 15.4 Å². The van der Waals surface area contributed by atoms with E-state index in [0.29, 0.717) is 18.8 Å². The predicted octanol–water partition coefficient (Wildman–Crippen LogP) is 2.49. The van der Waals surface area contributed by atoms with Gasteiger partial charge < -0.3 is 20.1 Å². The van der Waals surface area contributed by atoms with Gasteiger partial charge in [-0.05, 0) is 43.5 Å². The standard InChI is InChI=1S/C18H26N2O4/c1-2-3-4-11-23-15-9-7-14(8-10-15)20-18(22)17(21)19-13-16-6-5-12-24-16/h7-10,16H,2-6,11-13H2,1H3,(H,19,21)(H,20,22). The summed E-state index contributed by atoms with van der Waals surface area (Å²) in [6.07, 6.45) is 5.27. The molecule has 1 atom stereocenters. The third-order valence-corrected chi connectivity index (χ3v) is 3.85. The molecule has 2 rings (SSSR count). The van der Waals surface area contributed by atoms with Gasteiger partial charge in [0.2, 0.25) is 0 Å². The average Bonchev–Trinajstić information content (AvgIpc) is 3.11. The van der Waals surface area contributed by atoms with Crippen molar-refractivity contribution in [3.63, 3.8) is 0 Å². The first-order chi connectivity index (χ1) is 11.7. The SMILES string of the molecule is CCCCCOc1ccc(NC(=O)C(=O)NCC2CCCO2)cc1. The second-order valence-electron chi connectivity index (χ2n) is 5.88. The van der Waals surface area contributed by atoms with Gasteiger partial charge in [-0.3, -0.25) is 9.59 Å². The van der Waals surface area contributed by atoms with Gasteiger partial charge in [0.05, 0.1) is 12.7 Å². The third kappa shape index (κ3) is 6.20. The third-order valence-electron chi connectivity index (χ3n) is 3.85. The summed E-state index contributed by atoms with van der Waals surface area (Å²) in [6.45, 7) is 3.93. The van der Waals surface area contributed by atoms with Crippen LogP contribution >= 0.6 is 0 Å². The van der Waals surface area contributed by atoms with Crippen LogP contribution in [0.15, 0.2) is 24.3 Å². The van der Waals surface area contributed by atoms with Crippen LogP contribution in [-0.4, -0.2) is 37.7 Å². The van der Waals surface area contributed by atoms with Crippen molar-refractivity contribution in [2.24, 2.45) is 0 Å². The lowest BCUT2D eigenvalue weighted by molar-refractivity contribution is -0.136. The topological polar surface area (TPSA) is 76.7 Å². The normalized spacial score (nSPS) is 16.6. The maximum absolute atomic E-state index is 11.9. The smallest absolute Gasteiger partial charge is 0.313 e. The van der Waals surface area contributed by atoms with Crippen molar-refractivity contribution < 1.29 is 19.1 Å². The van der Waals surface area contributed by atoms with Crippen LogP contribution in [0.3, 0.4) is 0 Å². The van der Waals surface area contributed by atoms with E-state index in [4.69, 9.17) is 9.47 Å². The number of anilines is 1. The second-order valence-corrected chi connectivity index (χ2v) is 5.88. The Bertz CT molecular complexity index is 524. The number of hydrogen-bond donors (Lipinski definition) is 2. The second kappa shape index (κ2) is 9.93. The van der Waals surface area contributed by atoms with Gasteiger partial charge in [0.1, 0.15) is 5.75 Å². The van der Waals surface area contributed by atoms with Crippen molar-refractivity contribution in [3.8, 4) is 5.75 Å². The van der Waals surface area contributed by atoms with Crippen LogP contribution in [0.1, 0.15) is 39.0 Å². The first-order valence-corrected chi connectivity index (χ1v) is 8.62. The van der Waals surface area contributed by atoms with E-state index in [-0.39, 0.29) is 6.10 Å². The van der Waals surface area contributed by atoms with E-state index < -0.39 is 11.8 Å². The number of benzene rings is 1. The van der Waals surface area contributed by atoms with Crippen LogP contribution in [0.25, 0.3) is 0 Å². The molecule has 6 heteroatoms. The molecule has 1 saturated heterocycles. The van der Waals surface area contributed by atoms with Gasteiger partial charge in [-0.25, -0.2) is 0 Å². The Morgan fingerprint density at radius 3 is 2.67 bits per heavy atom. The minimum atomic E-state index is -0.676. The molecule has 1 aromatic carbocycles. The van der Waals surface area contributed by atoms with Crippen molar-refractivity contribution in [2.75, 3.05) is 25.1 Å². The molecule has 0 radical (unpaired) electrons. The lowest BCUT2D eigenvalue weighted by atomic mass is 10.2. The molecular weight excluding hydrogens is 308 g/mol. The lowest BCUT2D eigenvalue weighted by Crippen LogP contribution is -2.39. The molecule has 0 bridgehead atoms. The fourth-order valence-electron chi connectivity index (χ4n) is 2.46. The fraction of sp³-hybridized carbons (Fsp3) is 0.556. The van der Waals surface area contributed by atoms with Crippen LogP contribution in [0.4, 0.5) is 5.69 Å². The van der Waals surface area contributed by atoms with Crippen LogP contribution in [-0.2, 0) is 14.3 Å². The van der Waals surface area contributed by atoms with Crippen LogP contribution in [0.5, 0.6) is 5.75 Å². The van der Waals surface area contributed by atoms with E-state index in [1.807, 2.05) is 0 Å². The number of amides is 2. The van der Waals surface area contributed by atoms with Crippen LogP contribution in [0, 0.1) is 0 Å². The molecule has 0 saturated carbocycles. The number of ether oxygens (including phenoxy) is 2. The molecule has 0 spiro atoms.